The Hall–Kier alpha value is -2.09. The number of rotatable bonds is 4. The summed E-state index contributed by atoms with van der Waals surface area (Å²) in [4.78, 5) is 0. The van der Waals surface area contributed by atoms with E-state index in [1.807, 2.05) is 43.3 Å². The summed E-state index contributed by atoms with van der Waals surface area (Å²) < 4.78 is 12.7. The van der Waals surface area contributed by atoms with Crippen molar-refractivity contribution in [1.82, 2.24) is 20.2 Å². The summed E-state index contributed by atoms with van der Waals surface area (Å²) in [5.41, 5.74) is 4.06. The van der Waals surface area contributed by atoms with Crippen LogP contribution in [-0.4, -0.2) is 27.0 Å². The molecule has 2 aromatic carbocycles. The molecule has 8 heteroatoms. The number of tetrazole rings is 1. The van der Waals surface area contributed by atoms with Crippen LogP contribution < -0.4 is 4.74 Å². The number of halogens is 1. The van der Waals surface area contributed by atoms with Gasteiger partial charge in [-0.15, -0.1) is 5.10 Å². The maximum Gasteiger partial charge on any atom is 0.214 e. The second-order valence-electron chi connectivity index (χ2n) is 5.66. The predicted molar refractivity (Wildman–Crippen MR) is 95.2 cm³/mol. The largest absolute Gasteiger partial charge is 0.467 e. The molecule has 128 valence electrons. The molecule has 0 saturated carbocycles. The summed E-state index contributed by atoms with van der Waals surface area (Å²) in [5, 5.41) is 13.4. The maximum atomic E-state index is 6.22. The minimum absolute atomic E-state index is 0.257. The number of hydrogen-bond acceptors (Lipinski definition) is 6. The zero-order chi connectivity index (χ0) is 17.2. The highest BCUT2D eigenvalue weighted by atomic mass is 35.5. The number of nitrogens with zero attached hydrogens (tertiary/aromatic N) is 4. The van der Waals surface area contributed by atoms with E-state index < -0.39 is 0 Å². The Balaban J connectivity index is 1.59. The molecule has 0 atom stereocenters. The molecule has 1 aliphatic heterocycles. The Morgan fingerprint density at radius 1 is 1.28 bits per heavy atom. The fraction of sp³-hybridized carbons (Fsp3) is 0.235. The first kappa shape index (κ1) is 16.4. The lowest BCUT2D eigenvalue weighted by atomic mass is 10.1. The zero-order valence-corrected chi connectivity index (χ0v) is 15.0. The first-order chi connectivity index (χ1) is 12.2. The van der Waals surface area contributed by atoms with Crippen molar-refractivity contribution in [2.75, 3.05) is 6.79 Å². The Morgan fingerprint density at radius 2 is 2.20 bits per heavy atom. The number of benzene rings is 2. The summed E-state index contributed by atoms with van der Waals surface area (Å²) in [5.74, 6) is 1.49. The van der Waals surface area contributed by atoms with Gasteiger partial charge in [0.15, 0.2) is 6.79 Å². The third-order valence-electron chi connectivity index (χ3n) is 3.80. The number of hydrogen-bond donors (Lipinski definition) is 0. The van der Waals surface area contributed by atoms with Gasteiger partial charge in [-0.1, -0.05) is 35.5 Å². The van der Waals surface area contributed by atoms with Crippen LogP contribution in [0.3, 0.4) is 0 Å². The van der Waals surface area contributed by atoms with Gasteiger partial charge in [0.25, 0.3) is 0 Å². The molecule has 0 amide bonds. The van der Waals surface area contributed by atoms with Gasteiger partial charge in [-0.2, -0.15) is 4.68 Å². The van der Waals surface area contributed by atoms with Crippen LogP contribution in [-0.2, 0) is 17.1 Å². The van der Waals surface area contributed by atoms with E-state index in [9.17, 15) is 0 Å². The van der Waals surface area contributed by atoms with Crippen molar-refractivity contribution in [2.45, 2.75) is 24.4 Å². The zero-order valence-electron chi connectivity index (χ0n) is 13.5. The summed E-state index contributed by atoms with van der Waals surface area (Å²) in [7, 11) is 0. The number of aryl methyl sites for hydroxylation is 1. The summed E-state index contributed by atoms with van der Waals surface area (Å²) in [6, 6.07) is 11.8. The van der Waals surface area contributed by atoms with E-state index in [0.29, 0.717) is 22.5 Å². The van der Waals surface area contributed by atoms with Gasteiger partial charge in [-0.3, -0.25) is 0 Å². The third kappa shape index (κ3) is 3.49. The molecule has 4 rings (SSSR count). The summed E-state index contributed by atoms with van der Waals surface area (Å²) in [6.45, 7) is 2.81. The van der Waals surface area contributed by atoms with Gasteiger partial charge >= 0.3 is 0 Å². The minimum atomic E-state index is 0.257. The van der Waals surface area contributed by atoms with Gasteiger partial charge in [0, 0.05) is 21.9 Å². The predicted octanol–water partition coefficient (Wildman–Crippen LogP) is 3.78. The fourth-order valence-corrected chi connectivity index (χ4v) is 3.82. The van der Waals surface area contributed by atoms with Crippen molar-refractivity contribution in [3.63, 3.8) is 0 Å². The Labute approximate surface area is 154 Å². The molecule has 0 unspecified atom stereocenters. The molecule has 1 aliphatic rings. The monoisotopic (exact) mass is 374 g/mol. The van der Waals surface area contributed by atoms with Crippen LogP contribution in [0.1, 0.15) is 16.7 Å². The SMILES string of the molecule is Cc1cccc(-n2nnnc2SCc2cc(Cl)cc3c2OCOC3)c1. The molecule has 0 bridgehead atoms. The molecule has 0 N–H and O–H groups in total. The first-order valence-corrected chi connectivity index (χ1v) is 9.07. The van der Waals surface area contributed by atoms with Gasteiger partial charge in [-0.05, 0) is 47.2 Å². The van der Waals surface area contributed by atoms with Crippen LogP contribution in [0, 0.1) is 6.92 Å². The Bertz CT molecular complexity index is 915. The van der Waals surface area contributed by atoms with Crippen LogP contribution >= 0.6 is 23.4 Å². The molecule has 0 aliphatic carbocycles. The lowest BCUT2D eigenvalue weighted by Crippen LogP contribution is -2.13. The van der Waals surface area contributed by atoms with E-state index in [1.165, 1.54) is 11.8 Å². The quantitative estimate of drug-likeness (QED) is 0.647. The van der Waals surface area contributed by atoms with Gasteiger partial charge in [0.2, 0.25) is 5.16 Å². The summed E-state index contributed by atoms with van der Waals surface area (Å²) in [6.07, 6.45) is 0. The third-order valence-corrected chi connectivity index (χ3v) is 4.98. The van der Waals surface area contributed by atoms with E-state index in [0.717, 1.165) is 28.1 Å². The molecule has 6 nitrogen and oxygen atoms in total. The van der Waals surface area contributed by atoms with E-state index >= 15 is 0 Å². The van der Waals surface area contributed by atoms with Crippen molar-refractivity contribution < 1.29 is 9.47 Å². The van der Waals surface area contributed by atoms with Crippen molar-refractivity contribution in [3.05, 3.63) is 58.1 Å². The number of fused-ring (bicyclic) bond motifs is 1. The summed E-state index contributed by atoms with van der Waals surface area (Å²) >= 11 is 7.76. The molecule has 3 aromatic rings. The molecule has 25 heavy (non-hydrogen) atoms. The molecular formula is C17H15ClN4O2S. The molecular weight excluding hydrogens is 360 g/mol. The number of ether oxygens (including phenoxy) is 2. The molecule has 1 aromatic heterocycles. The lowest BCUT2D eigenvalue weighted by Gasteiger charge is -2.20. The van der Waals surface area contributed by atoms with Crippen LogP contribution in [0.25, 0.3) is 5.69 Å². The van der Waals surface area contributed by atoms with Crippen molar-refractivity contribution in [2.24, 2.45) is 0 Å². The smallest absolute Gasteiger partial charge is 0.214 e. The van der Waals surface area contributed by atoms with Crippen LogP contribution in [0.2, 0.25) is 5.02 Å². The van der Waals surface area contributed by atoms with Gasteiger partial charge in [0.05, 0.1) is 12.3 Å². The average molecular weight is 375 g/mol. The van der Waals surface area contributed by atoms with Gasteiger partial charge in [-0.25, -0.2) is 0 Å². The lowest BCUT2D eigenvalue weighted by molar-refractivity contribution is -0.0168. The minimum Gasteiger partial charge on any atom is -0.467 e. The van der Waals surface area contributed by atoms with Crippen molar-refractivity contribution >= 4 is 23.4 Å². The topological polar surface area (TPSA) is 62.1 Å². The van der Waals surface area contributed by atoms with Crippen LogP contribution in [0.15, 0.2) is 41.6 Å². The van der Waals surface area contributed by atoms with Crippen molar-refractivity contribution in [1.29, 1.82) is 0 Å². The molecule has 0 spiro atoms. The fourth-order valence-electron chi connectivity index (χ4n) is 2.70. The molecule has 0 saturated heterocycles. The Kier molecular flexibility index (Phi) is 4.61. The highest BCUT2D eigenvalue weighted by molar-refractivity contribution is 7.98. The second kappa shape index (κ2) is 7.03. The number of aromatic nitrogens is 4. The van der Waals surface area contributed by atoms with E-state index in [1.54, 1.807) is 4.68 Å². The molecule has 0 fully saturated rings. The van der Waals surface area contributed by atoms with E-state index in [-0.39, 0.29) is 6.79 Å². The normalized spacial score (nSPS) is 13.4. The number of thioether (sulfide) groups is 1. The van der Waals surface area contributed by atoms with E-state index in [2.05, 4.69) is 15.5 Å². The van der Waals surface area contributed by atoms with Gasteiger partial charge in [0.1, 0.15) is 5.75 Å². The highest BCUT2D eigenvalue weighted by Crippen LogP contribution is 2.35. The molecule has 0 radical (unpaired) electrons. The Morgan fingerprint density at radius 3 is 3.08 bits per heavy atom. The molecule has 2 heterocycles. The first-order valence-electron chi connectivity index (χ1n) is 7.71. The second-order valence-corrected chi connectivity index (χ2v) is 7.04. The maximum absolute atomic E-state index is 6.22. The van der Waals surface area contributed by atoms with Gasteiger partial charge < -0.3 is 9.47 Å². The van der Waals surface area contributed by atoms with Crippen molar-refractivity contribution in [3.8, 4) is 11.4 Å². The average Bonchev–Trinajstić information content (AvgIpc) is 3.08. The van der Waals surface area contributed by atoms with E-state index in [4.69, 9.17) is 21.1 Å². The van der Waals surface area contributed by atoms with Crippen LogP contribution in [0.5, 0.6) is 5.75 Å². The standard InChI is InChI=1S/C17H15ClN4O2S/c1-11-3-2-4-15(5-11)22-17(19-20-21-22)25-9-13-7-14(18)6-12-8-23-10-24-16(12)13/h2-7H,8-10H2,1H3. The van der Waals surface area contributed by atoms with Crippen LogP contribution in [0.4, 0.5) is 0 Å². The highest BCUT2D eigenvalue weighted by Gasteiger charge is 2.18.